The molecule has 0 spiro atoms. The smallest absolute Gasteiger partial charge is 0.246 e. The van der Waals surface area contributed by atoms with Crippen molar-refractivity contribution in [2.75, 3.05) is 32.6 Å². The zero-order chi connectivity index (χ0) is 19.6. The highest BCUT2D eigenvalue weighted by atomic mass is 16.5. The number of anilines is 1. The number of rotatable bonds is 9. The Hall–Kier alpha value is -2.86. The molecule has 2 rings (SSSR count). The van der Waals surface area contributed by atoms with Gasteiger partial charge in [0.05, 0.1) is 13.7 Å². The fourth-order valence-electron chi connectivity index (χ4n) is 2.79. The molecule has 2 N–H and O–H groups in total. The van der Waals surface area contributed by atoms with E-state index in [1.165, 1.54) is 0 Å². The molecule has 0 unspecified atom stereocenters. The average molecular weight is 369 g/mol. The molecule has 144 valence electrons. The molecule has 0 aliphatic carbocycles. The van der Waals surface area contributed by atoms with Crippen LogP contribution in [0, 0.1) is 0 Å². The Kier molecular flexibility index (Phi) is 7.82. The fraction of sp³-hybridized carbons (Fsp3) is 0.333. The van der Waals surface area contributed by atoms with Crippen LogP contribution < -0.4 is 15.4 Å². The predicted molar refractivity (Wildman–Crippen MR) is 107 cm³/mol. The van der Waals surface area contributed by atoms with E-state index in [4.69, 9.17) is 4.74 Å². The highest BCUT2D eigenvalue weighted by Gasteiger charge is 2.26. The number of amides is 2. The molecule has 0 heterocycles. The van der Waals surface area contributed by atoms with Gasteiger partial charge in [0.2, 0.25) is 11.8 Å². The van der Waals surface area contributed by atoms with E-state index in [9.17, 15) is 9.59 Å². The van der Waals surface area contributed by atoms with Gasteiger partial charge in [-0.25, -0.2) is 0 Å². The van der Waals surface area contributed by atoms with Gasteiger partial charge in [-0.1, -0.05) is 43.3 Å². The highest BCUT2D eigenvalue weighted by molar-refractivity contribution is 5.96. The Morgan fingerprint density at radius 1 is 1.11 bits per heavy atom. The molecule has 0 aliphatic heterocycles. The number of methoxy groups -OCH3 is 1. The first-order chi connectivity index (χ1) is 13.0. The third kappa shape index (κ3) is 6.11. The van der Waals surface area contributed by atoms with Crippen LogP contribution in [0.3, 0.4) is 0 Å². The van der Waals surface area contributed by atoms with Gasteiger partial charge in [0, 0.05) is 18.3 Å². The Balaban J connectivity index is 2.18. The van der Waals surface area contributed by atoms with Crippen LogP contribution in [-0.2, 0) is 9.59 Å². The first kappa shape index (κ1) is 20.5. The molecule has 0 radical (unpaired) electrons. The molecule has 27 heavy (non-hydrogen) atoms. The van der Waals surface area contributed by atoms with E-state index in [0.717, 1.165) is 12.0 Å². The summed E-state index contributed by atoms with van der Waals surface area (Å²) in [5.41, 5.74) is 1.47. The van der Waals surface area contributed by atoms with Crippen LogP contribution in [0.15, 0.2) is 54.6 Å². The topological polar surface area (TPSA) is 70.7 Å². The van der Waals surface area contributed by atoms with Crippen LogP contribution in [0.5, 0.6) is 5.75 Å². The lowest BCUT2D eigenvalue weighted by Crippen LogP contribution is -2.41. The molecule has 0 bridgehead atoms. The third-order valence-corrected chi connectivity index (χ3v) is 4.11. The Bertz CT molecular complexity index is 749. The van der Waals surface area contributed by atoms with Gasteiger partial charge in [0.25, 0.3) is 0 Å². The number of ether oxygens (including phenoxy) is 1. The molecule has 0 aromatic heterocycles. The van der Waals surface area contributed by atoms with E-state index in [-0.39, 0.29) is 18.4 Å². The van der Waals surface area contributed by atoms with Crippen molar-refractivity contribution >= 4 is 17.5 Å². The molecule has 6 heteroatoms. The lowest BCUT2D eigenvalue weighted by Gasteiger charge is -2.27. The second kappa shape index (κ2) is 10.3. The minimum absolute atomic E-state index is 0.102. The van der Waals surface area contributed by atoms with E-state index in [1.807, 2.05) is 49.4 Å². The highest BCUT2D eigenvalue weighted by Crippen LogP contribution is 2.23. The van der Waals surface area contributed by atoms with Crippen molar-refractivity contribution in [1.29, 1.82) is 0 Å². The lowest BCUT2D eigenvalue weighted by molar-refractivity contribution is -0.125. The van der Waals surface area contributed by atoms with Crippen molar-refractivity contribution in [3.63, 3.8) is 0 Å². The van der Waals surface area contributed by atoms with E-state index >= 15 is 0 Å². The van der Waals surface area contributed by atoms with Gasteiger partial charge in [0.15, 0.2) is 0 Å². The second-order valence-electron chi connectivity index (χ2n) is 6.30. The predicted octanol–water partition coefficient (Wildman–Crippen LogP) is 2.83. The molecule has 0 aliphatic rings. The standard InChI is InChI=1S/C21H27N3O3/c1-4-13-22-19(25)15-24(2)20(16-9-6-5-7-10-16)21(26)23-17-11-8-12-18(14-17)27-3/h5-12,14,20H,4,13,15H2,1-3H3,(H,22,25)(H,23,26)/t20-/m0/s1. The van der Waals surface area contributed by atoms with Crippen molar-refractivity contribution in [2.24, 2.45) is 0 Å². The van der Waals surface area contributed by atoms with Gasteiger partial charge in [0.1, 0.15) is 11.8 Å². The van der Waals surface area contributed by atoms with E-state index in [0.29, 0.717) is 18.0 Å². The van der Waals surface area contributed by atoms with Crippen LogP contribution >= 0.6 is 0 Å². The maximum Gasteiger partial charge on any atom is 0.246 e. The van der Waals surface area contributed by atoms with Gasteiger partial charge in [-0.15, -0.1) is 0 Å². The SMILES string of the molecule is CCCNC(=O)CN(C)[C@H](C(=O)Nc1cccc(OC)c1)c1ccccc1. The molecule has 0 saturated carbocycles. The summed E-state index contributed by atoms with van der Waals surface area (Å²) in [5, 5.41) is 5.76. The Labute approximate surface area is 160 Å². The molecular weight excluding hydrogens is 342 g/mol. The number of nitrogens with one attached hydrogen (secondary N) is 2. The average Bonchev–Trinajstić information content (AvgIpc) is 2.67. The molecule has 6 nitrogen and oxygen atoms in total. The van der Waals surface area contributed by atoms with Gasteiger partial charge in [-0.2, -0.15) is 0 Å². The molecule has 0 fully saturated rings. The zero-order valence-electron chi connectivity index (χ0n) is 16.1. The largest absolute Gasteiger partial charge is 0.497 e. The summed E-state index contributed by atoms with van der Waals surface area (Å²) in [6, 6.07) is 16.0. The minimum atomic E-state index is -0.593. The first-order valence-corrected chi connectivity index (χ1v) is 9.02. The van der Waals surface area contributed by atoms with Crippen molar-refractivity contribution < 1.29 is 14.3 Å². The number of nitrogens with zero attached hydrogens (tertiary/aromatic N) is 1. The Morgan fingerprint density at radius 2 is 1.85 bits per heavy atom. The third-order valence-electron chi connectivity index (χ3n) is 4.11. The summed E-state index contributed by atoms with van der Waals surface area (Å²) in [4.78, 5) is 26.9. The molecule has 2 amide bonds. The Morgan fingerprint density at radius 3 is 2.52 bits per heavy atom. The van der Waals surface area contributed by atoms with Crippen molar-refractivity contribution in [1.82, 2.24) is 10.2 Å². The first-order valence-electron chi connectivity index (χ1n) is 9.02. The van der Waals surface area contributed by atoms with Crippen LogP contribution in [0.2, 0.25) is 0 Å². The molecule has 0 saturated heterocycles. The molecule has 2 aromatic carbocycles. The lowest BCUT2D eigenvalue weighted by atomic mass is 10.0. The maximum absolute atomic E-state index is 13.0. The summed E-state index contributed by atoms with van der Waals surface area (Å²) in [6.45, 7) is 2.75. The normalized spacial score (nSPS) is 11.7. The van der Waals surface area contributed by atoms with Crippen LogP contribution in [-0.4, -0.2) is 44.0 Å². The van der Waals surface area contributed by atoms with Crippen molar-refractivity contribution in [3.8, 4) is 5.75 Å². The van der Waals surface area contributed by atoms with Crippen molar-refractivity contribution in [2.45, 2.75) is 19.4 Å². The van der Waals surface area contributed by atoms with Gasteiger partial charge < -0.3 is 15.4 Å². The summed E-state index contributed by atoms with van der Waals surface area (Å²) in [7, 11) is 3.35. The zero-order valence-corrected chi connectivity index (χ0v) is 16.1. The van der Waals surface area contributed by atoms with E-state index in [2.05, 4.69) is 10.6 Å². The minimum Gasteiger partial charge on any atom is -0.497 e. The van der Waals surface area contributed by atoms with Gasteiger partial charge in [-0.05, 0) is 31.2 Å². The summed E-state index contributed by atoms with van der Waals surface area (Å²) in [5.74, 6) is 0.353. The number of hydrogen-bond donors (Lipinski definition) is 2. The van der Waals surface area contributed by atoms with Crippen molar-refractivity contribution in [3.05, 3.63) is 60.2 Å². The monoisotopic (exact) mass is 369 g/mol. The second-order valence-corrected chi connectivity index (χ2v) is 6.30. The quantitative estimate of drug-likeness (QED) is 0.713. The number of benzene rings is 2. The molecular formula is C21H27N3O3. The van der Waals surface area contributed by atoms with Crippen LogP contribution in [0.25, 0.3) is 0 Å². The summed E-state index contributed by atoms with van der Waals surface area (Å²) < 4.78 is 5.20. The molecule has 1 atom stereocenters. The molecule has 2 aromatic rings. The summed E-state index contributed by atoms with van der Waals surface area (Å²) >= 11 is 0. The van der Waals surface area contributed by atoms with Gasteiger partial charge in [-0.3, -0.25) is 14.5 Å². The summed E-state index contributed by atoms with van der Waals surface area (Å²) in [6.07, 6.45) is 0.869. The fourth-order valence-corrected chi connectivity index (χ4v) is 2.79. The number of carbonyl (C=O) groups is 2. The van der Waals surface area contributed by atoms with Crippen LogP contribution in [0.4, 0.5) is 5.69 Å². The number of hydrogen-bond acceptors (Lipinski definition) is 4. The van der Waals surface area contributed by atoms with E-state index in [1.54, 1.807) is 31.2 Å². The van der Waals surface area contributed by atoms with E-state index < -0.39 is 6.04 Å². The number of likely N-dealkylation sites (N-methyl/N-ethyl adjacent to an activating group) is 1. The van der Waals surface area contributed by atoms with Crippen LogP contribution in [0.1, 0.15) is 24.9 Å². The number of carbonyl (C=O) groups excluding carboxylic acids is 2. The maximum atomic E-state index is 13.0. The van der Waals surface area contributed by atoms with Gasteiger partial charge >= 0.3 is 0 Å².